The monoisotopic (exact) mass is 304 g/mol. The summed E-state index contributed by atoms with van der Waals surface area (Å²) < 4.78 is 5.97. The van der Waals surface area contributed by atoms with Gasteiger partial charge in [-0.1, -0.05) is 12.8 Å². The van der Waals surface area contributed by atoms with Crippen LogP contribution in [0.5, 0.6) is 0 Å². The van der Waals surface area contributed by atoms with Crippen molar-refractivity contribution in [2.75, 3.05) is 23.8 Å². The van der Waals surface area contributed by atoms with E-state index in [9.17, 15) is 0 Å². The van der Waals surface area contributed by atoms with Gasteiger partial charge in [0.25, 0.3) is 0 Å². The predicted molar refractivity (Wildman–Crippen MR) is 85.9 cm³/mol. The van der Waals surface area contributed by atoms with Gasteiger partial charge in [-0.3, -0.25) is 0 Å². The standard InChI is InChI=1S/C15H20N4OS/c1-9-8-10-13(17-15(16)18-14(10)21-9)19-6-7-20-12-5-3-2-4-11(12)19/h8,11-12H,2-7H2,1H3,(H2,16,17,18). The summed E-state index contributed by atoms with van der Waals surface area (Å²) in [6.07, 6.45) is 5.23. The minimum Gasteiger partial charge on any atom is -0.374 e. The lowest BCUT2D eigenvalue weighted by Crippen LogP contribution is -2.53. The fourth-order valence-corrected chi connectivity index (χ4v) is 4.50. The van der Waals surface area contributed by atoms with Crippen LogP contribution in [0, 0.1) is 6.92 Å². The van der Waals surface area contributed by atoms with Gasteiger partial charge in [-0.05, 0) is 25.8 Å². The molecule has 5 nitrogen and oxygen atoms in total. The molecular formula is C15H20N4OS. The molecule has 2 fully saturated rings. The third-order valence-electron chi connectivity index (χ3n) is 4.52. The highest BCUT2D eigenvalue weighted by Crippen LogP contribution is 2.36. The lowest BCUT2D eigenvalue weighted by Gasteiger charge is -2.44. The van der Waals surface area contributed by atoms with Gasteiger partial charge in [0, 0.05) is 11.4 Å². The van der Waals surface area contributed by atoms with E-state index in [-0.39, 0.29) is 0 Å². The van der Waals surface area contributed by atoms with Crippen molar-refractivity contribution < 1.29 is 4.74 Å². The third kappa shape index (κ3) is 2.26. The Bertz CT molecular complexity index is 669. The first kappa shape index (κ1) is 13.3. The summed E-state index contributed by atoms with van der Waals surface area (Å²) in [4.78, 5) is 13.6. The lowest BCUT2D eigenvalue weighted by molar-refractivity contribution is -0.00886. The molecule has 21 heavy (non-hydrogen) atoms. The van der Waals surface area contributed by atoms with Crippen molar-refractivity contribution >= 4 is 33.3 Å². The first-order valence-corrected chi connectivity index (χ1v) is 8.46. The lowest BCUT2D eigenvalue weighted by atomic mass is 9.90. The van der Waals surface area contributed by atoms with Crippen molar-refractivity contribution in [3.63, 3.8) is 0 Å². The molecule has 2 N–H and O–H groups in total. The second-order valence-electron chi connectivity index (χ2n) is 5.94. The van der Waals surface area contributed by atoms with Crippen LogP contribution in [-0.4, -0.2) is 35.3 Å². The number of aromatic nitrogens is 2. The van der Waals surface area contributed by atoms with Gasteiger partial charge in [-0.15, -0.1) is 11.3 Å². The number of hydrogen-bond donors (Lipinski definition) is 1. The fourth-order valence-electron chi connectivity index (χ4n) is 3.62. The topological polar surface area (TPSA) is 64.3 Å². The molecule has 0 aromatic carbocycles. The first-order chi connectivity index (χ1) is 10.2. The van der Waals surface area contributed by atoms with Crippen molar-refractivity contribution in [1.82, 2.24) is 9.97 Å². The maximum atomic E-state index is 5.97. The maximum Gasteiger partial charge on any atom is 0.223 e. The molecule has 0 radical (unpaired) electrons. The molecule has 1 saturated carbocycles. The van der Waals surface area contributed by atoms with E-state index in [1.807, 2.05) is 0 Å². The summed E-state index contributed by atoms with van der Waals surface area (Å²) in [6.45, 7) is 3.77. The van der Waals surface area contributed by atoms with E-state index < -0.39 is 0 Å². The van der Waals surface area contributed by atoms with E-state index in [0.717, 1.165) is 35.6 Å². The van der Waals surface area contributed by atoms with Gasteiger partial charge in [0.1, 0.15) is 10.6 Å². The molecule has 2 atom stereocenters. The maximum absolute atomic E-state index is 5.97. The summed E-state index contributed by atoms with van der Waals surface area (Å²) in [5.74, 6) is 1.38. The molecule has 3 heterocycles. The second kappa shape index (κ2) is 5.10. The number of nitrogens with zero attached hydrogens (tertiary/aromatic N) is 3. The number of fused-ring (bicyclic) bond motifs is 2. The van der Waals surface area contributed by atoms with Crippen LogP contribution in [0.15, 0.2) is 6.07 Å². The van der Waals surface area contributed by atoms with E-state index in [0.29, 0.717) is 18.1 Å². The van der Waals surface area contributed by atoms with Gasteiger partial charge in [-0.2, -0.15) is 4.98 Å². The molecule has 2 unspecified atom stereocenters. The van der Waals surface area contributed by atoms with Crippen molar-refractivity contribution in [1.29, 1.82) is 0 Å². The van der Waals surface area contributed by atoms with E-state index in [1.54, 1.807) is 11.3 Å². The highest BCUT2D eigenvalue weighted by molar-refractivity contribution is 7.18. The van der Waals surface area contributed by atoms with Crippen LogP contribution >= 0.6 is 11.3 Å². The van der Waals surface area contributed by atoms with E-state index in [2.05, 4.69) is 27.9 Å². The summed E-state index contributed by atoms with van der Waals surface area (Å²) in [5.41, 5.74) is 5.94. The van der Waals surface area contributed by atoms with Gasteiger partial charge in [-0.25, -0.2) is 4.98 Å². The van der Waals surface area contributed by atoms with E-state index >= 15 is 0 Å². The second-order valence-corrected chi connectivity index (χ2v) is 7.17. The molecule has 1 aliphatic heterocycles. The Morgan fingerprint density at radius 3 is 3.10 bits per heavy atom. The van der Waals surface area contributed by atoms with Crippen LogP contribution in [0.25, 0.3) is 10.2 Å². The van der Waals surface area contributed by atoms with Crippen LogP contribution < -0.4 is 10.6 Å². The summed E-state index contributed by atoms with van der Waals surface area (Å²) in [5, 5.41) is 1.14. The number of rotatable bonds is 1. The van der Waals surface area contributed by atoms with Crippen molar-refractivity contribution in [2.24, 2.45) is 0 Å². The van der Waals surface area contributed by atoms with Crippen LogP contribution in [0.2, 0.25) is 0 Å². The van der Waals surface area contributed by atoms with Gasteiger partial charge in [0.05, 0.1) is 24.1 Å². The van der Waals surface area contributed by atoms with Crippen LogP contribution in [0.4, 0.5) is 11.8 Å². The number of nitrogens with two attached hydrogens (primary N) is 1. The molecule has 2 aromatic rings. The molecule has 4 rings (SSSR count). The number of ether oxygens (including phenoxy) is 1. The number of aryl methyl sites for hydroxylation is 1. The number of nitrogen functional groups attached to an aromatic ring is 1. The average molecular weight is 304 g/mol. The molecule has 0 spiro atoms. The molecule has 0 amide bonds. The fraction of sp³-hybridized carbons (Fsp3) is 0.600. The molecule has 1 saturated heterocycles. The predicted octanol–water partition coefficient (Wildman–Crippen LogP) is 2.73. The highest BCUT2D eigenvalue weighted by atomic mass is 32.1. The molecule has 2 aromatic heterocycles. The van der Waals surface area contributed by atoms with Crippen LogP contribution in [0.3, 0.4) is 0 Å². The Balaban J connectivity index is 1.80. The summed E-state index contributed by atoms with van der Waals surface area (Å²) >= 11 is 1.68. The SMILES string of the molecule is Cc1cc2c(N3CCOC4CCCCC43)nc(N)nc2s1. The highest BCUT2D eigenvalue weighted by Gasteiger charge is 2.35. The Morgan fingerprint density at radius 1 is 1.33 bits per heavy atom. The normalized spacial score (nSPS) is 26.0. The van der Waals surface area contributed by atoms with Crippen LogP contribution in [-0.2, 0) is 4.74 Å². The number of thiophene rings is 1. The van der Waals surface area contributed by atoms with Gasteiger partial charge < -0.3 is 15.4 Å². The Morgan fingerprint density at radius 2 is 2.19 bits per heavy atom. The molecule has 6 heteroatoms. The zero-order valence-electron chi connectivity index (χ0n) is 12.2. The number of anilines is 2. The van der Waals surface area contributed by atoms with Crippen molar-refractivity contribution in [2.45, 2.75) is 44.8 Å². The zero-order chi connectivity index (χ0) is 14.4. The zero-order valence-corrected chi connectivity index (χ0v) is 13.0. The van der Waals surface area contributed by atoms with Crippen molar-refractivity contribution in [3.8, 4) is 0 Å². The van der Waals surface area contributed by atoms with Gasteiger partial charge >= 0.3 is 0 Å². The molecular weight excluding hydrogens is 284 g/mol. The largest absolute Gasteiger partial charge is 0.374 e. The van der Waals surface area contributed by atoms with Crippen LogP contribution in [0.1, 0.15) is 30.6 Å². The van der Waals surface area contributed by atoms with Gasteiger partial charge in [0.15, 0.2) is 0 Å². The van der Waals surface area contributed by atoms with Crippen molar-refractivity contribution in [3.05, 3.63) is 10.9 Å². The number of morpholine rings is 1. The Kier molecular flexibility index (Phi) is 3.23. The minimum atomic E-state index is 0.346. The average Bonchev–Trinajstić information content (AvgIpc) is 2.86. The molecule has 1 aliphatic carbocycles. The van der Waals surface area contributed by atoms with E-state index in [4.69, 9.17) is 10.5 Å². The quantitative estimate of drug-likeness (QED) is 0.877. The summed E-state index contributed by atoms with van der Waals surface area (Å²) in [6, 6.07) is 2.62. The molecule has 2 aliphatic rings. The minimum absolute atomic E-state index is 0.346. The third-order valence-corrected chi connectivity index (χ3v) is 5.46. The Labute approximate surface area is 128 Å². The smallest absolute Gasteiger partial charge is 0.223 e. The van der Waals surface area contributed by atoms with Gasteiger partial charge in [0.2, 0.25) is 5.95 Å². The summed E-state index contributed by atoms with van der Waals surface area (Å²) in [7, 11) is 0. The first-order valence-electron chi connectivity index (χ1n) is 7.64. The van der Waals surface area contributed by atoms with E-state index in [1.165, 1.54) is 24.1 Å². The Hall–Kier alpha value is -1.40. The number of hydrogen-bond acceptors (Lipinski definition) is 6. The molecule has 0 bridgehead atoms. The molecule has 112 valence electrons.